The van der Waals surface area contributed by atoms with Crippen LogP contribution in [0.1, 0.15) is 22.4 Å². The van der Waals surface area contributed by atoms with E-state index in [1.54, 1.807) is 0 Å². The lowest BCUT2D eigenvalue weighted by atomic mass is 10.00. The molecule has 2 atom stereocenters. The van der Waals surface area contributed by atoms with E-state index in [0.29, 0.717) is 0 Å². The van der Waals surface area contributed by atoms with E-state index in [-0.39, 0.29) is 11.6 Å². The van der Waals surface area contributed by atoms with E-state index in [1.165, 1.54) is 16.0 Å². The molecule has 2 nitrogen and oxygen atoms in total. The van der Waals surface area contributed by atoms with Gasteiger partial charge in [0, 0.05) is 29.3 Å². The maximum Gasteiger partial charge on any atom is 0.111 e. The van der Waals surface area contributed by atoms with Crippen LogP contribution in [0.4, 0.5) is 0 Å². The van der Waals surface area contributed by atoms with E-state index in [2.05, 4.69) is 12.3 Å². The third kappa shape index (κ3) is 0.897. The summed E-state index contributed by atoms with van der Waals surface area (Å²) in [5.74, 6) is 0. The number of hydrogen-bond acceptors (Lipinski definition) is 3. The smallest absolute Gasteiger partial charge is 0.111 e. The molecule has 0 saturated heterocycles. The zero-order valence-electron chi connectivity index (χ0n) is 7.67. The molecule has 70 valence electrons. The first-order chi connectivity index (χ1) is 6.24. The van der Waals surface area contributed by atoms with Crippen molar-refractivity contribution >= 4 is 11.3 Å². The average Bonchev–Trinajstić information content (AvgIpc) is 2.58. The van der Waals surface area contributed by atoms with Crippen LogP contribution in [-0.2, 0) is 16.8 Å². The highest BCUT2D eigenvalue weighted by Crippen LogP contribution is 2.53. The van der Waals surface area contributed by atoms with E-state index in [1.807, 2.05) is 11.3 Å². The van der Waals surface area contributed by atoms with Crippen LogP contribution < -0.4 is 5.73 Å². The first-order valence-corrected chi connectivity index (χ1v) is 5.59. The zero-order chi connectivity index (χ0) is 9.05. The van der Waals surface area contributed by atoms with Gasteiger partial charge in [0.1, 0.15) is 5.60 Å². The van der Waals surface area contributed by atoms with Gasteiger partial charge in [0.15, 0.2) is 0 Å². The molecule has 0 bridgehead atoms. The van der Waals surface area contributed by atoms with Gasteiger partial charge in [-0.2, -0.15) is 0 Å². The van der Waals surface area contributed by atoms with E-state index in [0.717, 1.165) is 19.4 Å². The Hall–Kier alpha value is -0.380. The third-order valence-corrected chi connectivity index (χ3v) is 4.29. The predicted octanol–water partition coefficient (Wildman–Crippen LogP) is 1.56. The van der Waals surface area contributed by atoms with Gasteiger partial charge in [-0.05, 0) is 17.9 Å². The standard InChI is InChI=1S/C10H13NOS/c1-6-5-13-7-2-3-12-10(9(6)7)4-8(10)11/h5,8H,2-4,11H2,1H3. The minimum atomic E-state index is -0.0718. The summed E-state index contributed by atoms with van der Waals surface area (Å²) in [6.07, 6.45) is 2.08. The van der Waals surface area contributed by atoms with Gasteiger partial charge < -0.3 is 10.5 Å². The van der Waals surface area contributed by atoms with Gasteiger partial charge in [0.25, 0.3) is 0 Å². The zero-order valence-corrected chi connectivity index (χ0v) is 8.49. The predicted molar refractivity (Wildman–Crippen MR) is 53.0 cm³/mol. The van der Waals surface area contributed by atoms with E-state index < -0.39 is 0 Å². The van der Waals surface area contributed by atoms with Crippen molar-refractivity contribution in [2.75, 3.05) is 6.61 Å². The Morgan fingerprint density at radius 2 is 2.46 bits per heavy atom. The molecule has 2 unspecified atom stereocenters. The summed E-state index contributed by atoms with van der Waals surface area (Å²) < 4.78 is 5.84. The van der Waals surface area contributed by atoms with Crippen molar-refractivity contribution in [3.05, 3.63) is 21.4 Å². The van der Waals surface area contributed by atoms with Gasteiger partial charge in [-0.25, -0.2) is 0 Å². The molecule has 1 saturated carbocycles. The van der Waals surface area contributed by atoms with Crippen LogP contribution in [-0.4, -0.2) is 12.6 Å². The Balaban J connectivity index is 2.16. The van der Waals surface area contributed by atoms with Gasteiger partial charge in [-0.3, -0.25) is 0 Å². The molecular formula is C10H13NOS. The molecule has 1 aliphatic carbocycles. The fourth-order valence-corrected chi connectivity index (χ4v) is 3.46. The van der Waals surface area contributed by atoms with Crippen molar-refractivity contribution in [1.29, 1.82) is 0 Å². The van der Waals surface area contributed by atoms with Crippen LogP contribution in [0.5, 0.6) is 0 Å². The maximum absolute atomic E-state index is 5.95. The van der Waals surface area contributed by atoms with Gasteiger partial charge in [-0.15, -0.1) is 11.3 Å². The van der Waals surface area contributed by atoms with Crippen molar-refractivity contribution in [3.8, 4) is 0 Å². The van der Waals surface area contributed by atoms with E-state index in [9.17, 15) is 0 Å². The molecule has 2 aliphatic rings. The Kier molecular flexibility index (Phi) is 1.44. The summed E-state index contributed by atoms with van der Waals surface area (Å²) in [5.41, 5.74) is 8.66. The molecule has 13 heavy (non-hydrogen) atoms. The Morgan fingerprint density at radius 3 is 3.15 bits per heavy atom. The van der Waals surface area contributed by atoms with E-state index >= 15 is 0 Å². The molecule has 1 aromatic heterocycles. The molecule has 1 fully saturated rings. The molecule has 0 aromatic carbocycles. The highest BCUT2D eigenvalue weighted by Gasteiger charge is 2.58. The lowest BCUT2D eigenvalue weighted by Gasteiger charge is -2.24. The summed E-state index contributed by atoms with van der Waals surface area (Å²) in [6, 6.07) is 0.236. The molecule has 1 aliphatic heterocycles. The summed E-state index contributed by atoms with van der Waals surface area (Å²) in [7, 11) is 0. The molecule has 1 spiro atoms. The largest absolute Gasteiger partial charge is 0.368 e. The minimum absolute atomic E-state index is 0.0718. The lowest BCUT2D eigenvalue weighted by Crippen LogP contribution is -2.28. The van der Waals surface area contributed by atoms with Crippen molar-refractivity contribution in [2.24, 2.45) is 5.73 Å². The molecule has 0 radical (unpaired) electrons. The van der Waals surface area contributed by atoms with Crippen molar-refractivity contribution in [3.63, 3.8) is 0 Å². The SMILES string of the molecule is Cc1csc2c1C1(CC1N)OCC2. The molecule has 2 N–H and O–H groups in total. The second-order valence-corrected chi connectivity index (χ2v) is 4.98. The Bertz CT molecular complexity index is 360. The van der Waals surface area contributed by atoms with Gasteiger partial charge in [-0.1, -0.05) is 0 Å². The second-order valence-electron chi connectivity index (χ2n) is 4.02. The number of rotatable bonds is 0. The average molecular weight is 195 g/mol. The molecule has 2 heterocycles. The van der Waals surface area contributed by atoms with Crippen LogP contribution in [0.3, 0.4) is 0 Å². The Morgan fingerprint density at radius 1 is 1.69 bits per heavy atom. The summed E-state index contributed by atoms with van der Waals surface area (Å²) in [4.78, 5) is 1.50. The molecular weight excluding hydrogens is 182 g/mol. The monoisotopic (exact) mass is 195 g/mol. The summed E-state index contributed by atoms with van der Waals surface area (Å²) in [5, 5.41) is 2.23. The quantitative estimate of drug-likeness (QED) is 0.681. The second kappa shape index (κ2) is 2.35. The maximum atomic E-state index is 5.95. The fourth-order valence-electron chi connectivity index (χ4n) is 2.37. The molecule has 0 amide bonds. The highest BCUT2D eigenvalue weighted by molar-refractivity contribution is 7.10. The molecule has 1 aromatic rings. The molecule has 3 rings (SSSR count). The van der Waals surface area contributed by atoms with Crippen molar-refractivity contribution in [2.45, 2.75) is 31.4 Å². The fraction of sp³-hybridized carbons (Fsp3) is 0.600. The van der Waals surface area contributed by atoms with Gasteiger partial charge in [0.05, 0.1) is 6.61 Å². The summed E-state index contributed by atoms with van der Waals surface area (Å²) >= 11 is 1.86. The topological polar surface area (TPSA) is 35.2 Å². The van der Waals surface area contributed by atoms with E-state index in [4.69, 9.17) is 10.5 Å². The lowest BCUT2D eigenvalue weighted by molar-refractivity contribution is 0.0163. The highest BCUT2D eigenvalue weighted by atomic mass is 32.1. The third-order valence-electron chi connectivity index (χ3n) is 3.13. The van der Waals surface area contributed by atoms with Crippen LogP contribution >= 0.6 is 11.3 Å². The number of aryl methyl sites for hydroxylation is 1. The van der Waals surface area contributed by atoms with Crippen molar-refractivity contribution in [1.82, 2.24) is 0 Å². The van der Waals surface area contributed by atoms with Crippen LogP contribution in [0, 0.1) is 6.92 Å². The number of hydrogen-bond donors (Lipinski definition) is 1. The first kappa shape index (κ1) is 7.97. The van der Waals surface area contributed by atoms with Crippen LogP contribution in [0.2, 0.25) is 0 Å². The van der Waals surface area contributed by atoms with Gasteiger partial charge in [0.2, 0.25) is 0 Å². The normalized spacial score (nSPS) is 36.3. The van der Waals surface area contributed by atoms with Crippen molar-refractivity contribution < 1.29 is 4.74 Å². The number of fused-ring (bicyclic) bond motifs is 2. The first-order valence-electron chi connectivity index (χ1n) is 4.71. The van der Waals surface area contributed by atoms with Crippen LogP contribution in [0.15, 0.2) is 5.38 Å². The Labute approximate surface area is 81.7 Å². The summed E-state index contributed by atoms with van der Waals surface area (Å²) in [6.45, 7) is 3.01. The minimum Gasteiger partial charge on any atom is -0.368 e. The van der Waals surface area contributed by atoms with Gasteiger partial charge >= 0.3 is 0 Å². The molecule has 3 heteroatoms. The number of thiophene rings is 1. The number of ether oxygens (including phenoxy) is 1. The number of nitrogens with two attached hydrogens (primary N) is 1. The van der Waals surface area contributed by atoms with Crippen LogP contribution in [0.25, 0.3) is 0 Å².